The van der Waals surface area contributed by atoms with Crippen molar-refractivity contribution >= 4 is 22.9 Å². The SMILES string of the molecule is CN1C(O)CN(c2ccc(NC3=CC(=O)c4ncncc4C3=O)cc2)CC1O. The fraction of sp³-hybridized carbons (Fsp3) is 0.263. The van der Waals surface area contributed by atoms with Crippen molar-refractivity contribution < 1.29 is 19.8 Å². The Labute approximate surface area is 160 Å². The summed E-state index contributed by atoms with van der Waals surface area (Å²) in [5.74, 6) is -0.693. The highest BCUT2D eigenvalue weighted by Gasteiger charge is 2.30. The molecule has 1 aliphatic heterocycles. The number of aliphatic hydroxyl groups excluding tert-OH is 2. The van der Waals surface area contributed by atoms with Crippen LogP contribution >= 0.6 is 0 Å². The minimum Gasteiger partial charge on any atom is -0.376 e. The van der Waals surface area contributed by atoms with Gasteiger partial charge in [-0.25, -0.2) is 9.97 Å². The van der Waals surface area contributed by atoms with E-state index >= 15 is 0 Å². The van der Waals surface area contributed by atoms with Gasteiger partial charge >= 0.3 is 0 Å². The van der Waals surface area contributed by atoms with E-state index in [0.29, 0.717) is 18.8 Å². The molecule has 4 rings (SSSR count). The van der Waals surface area contributed by atoms with Gasteiger partial charge in [-0.1, -0.05) is 0 Å². The van der Waals surface area contributed by atoms with Gasteiger partial charge in [0.25, 0.3) is 0 Å². The lowest BCUT2D eigenvalue weighted by Crippen LogP contribution is -2.57. The molecule has 9 heteroatoms. The number of hydrogen-bond donors (Lipinski definition) is 3. The molecule has 0 amide bonds. The number of aromatic nitrogens is 2. The molecule has 2 atom stereocenters. The summed E-state index contributed by atoms with van der Waals surface area (Å²) in [4.78, 5) is 35.8. The van der Waals surface area contributed by atoms with Crippen LogP contribution < -0.4 is 10.2 Å². The third-order valence-corrected chi connectivity index (χ3v) is 4.93. The van der Waals surface area contributed by atoms with Gasteiger partial charge in [0.2, 0.25) is 11.6 Å². The first-order valence-corrected chi connectivity index (χ1v) is 8.75. The van der Waals surface area contributed by atoms with Gasteiger partial charge in [-0.3, -0.25) is 14.5 Å². The fourth-order valence-electron chi connectivity index (χ4n) is 3.24. The van der Waals surface area contributed by atoms with Crippen LogP contribution in [0.25, 0.3) is 0 Å². The Bertz CT molecular complexity index is 947. The number of ketones is 2. The number of fused-ring (bicyclic) bond motifs is 1. The molecule has 2 aliphatic rings. The van der Waals surface area contributed by atoms with Crippen molar-refractivity contribution in [1.82, 2.24) is 14.9 Å². The first-order valence-electron chi connectivity index (χ1n) is 8.75. The molecule has 2 heterocycles. The zero-order chi connectivity index (χ0) is 19.8. The number of aliphatic hydroxyl groups is 2. The molecule has 0 bridgehead atoms. The molecule has 1 aliphatic carbocycles. The molecule has 0 spiro atoms. The summed E-state index contributed by atoms with van der Waals surface area (Å²) in [6, 6.07) is 7.17. The minimum atomic E-state index is -0.764. The highest BCUT2D eigenvalue weighted by molar-refractivity contribution is 6.24. The molecular weight excluding hydrogens is 362 g/mol. The number of nitrogens with one attached hydrogen (secondary N) is 1. The van der Waals surface area contributed by atoms with E-state index in [1.54, 1.807) is 19.2 Å². The van der Waals surface area contributed by atoms with E-state index in [1.165, 1.54) is 23.5 Å². The van der Waals surface area contributed by atoms with Crippen molar-refractivity contribution in [3.63, 3.8) is 0 Å². The highest BCUT2D eigenvalue weighted by Crippen LogP contribution is 2.25. The maximum absolute atomic E-state index is 12.6. The second-order valence-corrected chi connectivity index (χ2v) is 6.74. The van der Waals surface area contributed by atoms with Crippen LogP contribution in [0.15, 0.2) is 48.6 Å². The average molecular weight is 381 g/mol. The van der Waals surface area contributed by atoms with Crippen LogP contribution in [0.5, 0.6) is 0 Å². The molecule has 28 heavy (non-hydrogen) atoms. The normalized spacial score (nSPS) is 22.7. The molecular formula is C19H19N5O4. The summed E-state index contributed by atoms with van der Waals surface area (Å²) in [6.45, 7) is 0.741. The molecule has 1 aromatic carbocycles. The summed E-state index contributed by atoms with van der Waals surface area (Å²) in [6.07, 6.45) is 2.28. The molecule has 9 nitrogen and oxygen atoms in total. The summed E-state index contributed by atoms with van der Waals surface area (Å²) in [7, 11) is 1.67. The molecule has 1 aromatic heterocycles. The lowest BCUT2D eigenvalue weighted by atomic mass is 9.98. The van der Waals surface area contributed by atoms with Gasteiger partial charge in [0.15, 0.2) is 0 Å². The van der Waals surface area contributed by atoms with Crippen molar-refractivity contribution in [2.45, 2.75) is 12.5 Å². The number of likely N-dealkylation sites (N-methyl/N-ethyl adjacent to an activating group) is 1. The molecule has 0 saturated carbocycles. The second-order valence-electron chi connectivity index (χ2n) is 6.74. The minimum absolute atomic E-state index is 0.105. The number of β-amino-alcohol motifs (C(OH)–C–C–N with tert-alkyl or cyclic N) is 2. The van der Waals surface area contributed by atoms with E-state index in [-0.39, 0.29) is 28.5 Å². The number of benzene rings is 1. The predicted molar refractivity (Wildman–Crippen MR) is 101 cm³/mol. The molecule has 1 saturated heterocycles. The number of piperazine rings is 1. The smallest absolute Gasteiger partial charge is 0.213 e. The molecule has 144 valence electrons. The maximum atomic E-state index is 12.6. The van der Waals surface area contributed by atoms with Gasteiger partial charge < -0.3 is 20.4 Å². The first-order chi connectivity index (χ1) is 13.4. The topological polar surface area (TPSA) is 119 Å². The number of hydrogen-bond acceptors (Lipinski definition) is 9. The highest BCUT2D eigenvalue weighted by atomic mass is 16.3. The van der Waals surface area contributed by atoms with Crippen molar-refractivity contribution in [2.75, 3.05) is 30.4 Å². The Balaban J connectivity index is 1.50. The van der Waals surface area contributed by atoms with Crippen molar-refractivity contribution in [2.24, 2.45) is 0 Å². The summed E-state index contributed by atoms with van der Waals surface area (Å²) < 4.78 is 0. The van der Waals surface area contributed by atoms with Crippen molar-refractivity contribution in [1.29, 1.82) is 0 Å². The zero-order valence-corrected chi connectivity index (χ0v) is 15.1. The van der Waals surface area contributed by atoms with Gasteiger partial charge in [0, 0.05) is 23.6 Å². The van der Waals surface area contributed by atoms with E-state index in [4.69, 9.17) is 0 Å². The van der Waals surface area contributed by atoms with Crippen LogP contribution in [-0.4, -0.2) is 69.2 Å². The van der Waals surface area contributed by atoms with E-state index in [2.05, 4.69) is 15.3 Å². The molecule has 2 aromatic rings. The Morgan fingerprint density at radius 2 is 1.79 bits per heavy atom. The second kappa shape index (κ2) is 7.12. The summed E-state index contributed by atoms with van der Waals surface area (Å²) in [5, 5.41) is 23.0. The number of nitrogens with zero attached hydrogens (tertiary/aromatic N) is 4. The van der Waals surface area contributed by atoms with Gasteiger partial charge in [-0.15, -0.1) is 0 Å². The third kappa shape index (κ3) is 3.26. The van der Waals surface area contributed by atoms with E-state index in [0.717, 1.165) is 5.69 Å². The van der Waals surface area contributed by atoms with Gasteiger partial charge in [-0.05, 0) is 31.3 Å². The number of anilines is 2. The standard InChI is InChI=1S/C19H19N5O4/c1-23-16(26)8-24(9-17(23)27)12-4-2-11(3-5-12)22-14-6-15(25)18-13(19(14)28)7-20-10-21-18/h2-7,10,16-17,22,26-27H,8-9H2,1H3. The van der Waals surface area contributed by atoms with Crippen molar-refractivity contribution in [3.05, 3.63) is 59.8 Å². The largest absolute Gasteiger partial charge is 0.376 e. The Hall–Kier alpha value is -3.14. The first kappa shape index (κ1) is 18.2. The van der Waals surface area contributed by atoms with E-state index < -0.39 is 12.5 Å². The maximum Gasteiger partial charge on any atom is 0.213 e. The number of carbonyl (C=O) groups excluding carboxylic acids is 2. The van der Waals surface area contributed by atoms with Gasteiger partial charge in [-0.2, -0.15) is 0 Å². The van der Waals surface area contributed by atoms with E-state index in [1.807, 2.05) is 17.0 Å². The fourth-order valence-corrected chi connectivity index (χ4v) is 3.24. The van der Waals surface area contributed by atoms with Crippen LogP contribution in [-0.2, 0) is 0 Å². The van der Waals surface area contributed by atoms with Crippen LogP contribution in [0.4, 0.5) is 11.4 Å². The molecule has 1 fully saturated rings. The summed E-state index contributed by atoms with van der Waals surface area (Å²) in [5.41, 5.74) is 1.90. The Morgan fingerprint density at radius 1 is 1.11 bits per heavy atom. The lowest BCUT2D eigenvalue weighted by Gasteiger charge is -2.41. The molecule has 3 N–H and O–H groups in total. The third-order valence-electron chi connectivity index (χ3n) is 4.93. The van der Waals surface area contributed by atoms with Crippen molar-refractivity contribution in [3.8, 4) is 0 Å². The quantitative estimate of drug-likeness (QED) is 0.687. The van der Waals surface area contributed by atoms with Crippen LogP contribution in [0, 0.1) is 0 Å². The van der Waals surface area contributed by atoms with Gasteiger partial charge in [0.1, 0.15) is 24.5 Å². The Kier molecular flexibility index (Phi) is 4.63. The monoisotopic (exact) mass is 381 g/mol. The number of Topliss-reactive ketones (excluding diaryl/α,β-unsaturated/α-hetero) is 1. The lowest BCUT2D eigenvalue weighted by molar-refractivity contribution is -0.0948. The summed E-state index contributed by atoms with van der Waals surface area (Å²) >= 11 is 0. The van der Waals surface area contributed by atoms with E-state index in [9.17, 15) is 19.8 Å². The molecule has 2 unspecified atom stereocenters. The van der Waals surface area contributed by atoms with Gasteiger partial charge in [0.05, 0.1) is 24.4 Å². The average Bonchev–Trinajstić information content (AvgIpc) is 2.70. The number of carbonyl (C=O) groups is 2. The Morgan fingerprint density at radius 3 is 2.46 bits per heavy atom. The number of allylic oxidation sites excluding steroid dienone is 2. The van der Waals surface area contributed by atoms with Crippen LogP contribution in [0.1, 0.15) is 20.8 Å². The van der Waals surface area contributed by atoms with Crippen LogP contribution in [0.3, 0.4) is 0 Å². The molecule has 0 radical (unpaired) electrons. The zero-order valence-electron chi connectivity index (χ0n) is 15.1. The van der Waals surface area contributed by atoms with Crippen LogP contribution in [0.2, 0.25) is 0 Å². The predicted octanol–water partition coefficient (Wildman–Crippen LogP) is 0.240. The number of rotatable bonds is 3.